The second kappa shape index (κ2) is 9.77. The quantitative estimate of drug-likeness (QED) is 0.684. The lowest BCUT2D eigenvalue weighted by molar-refractivity contribution is -0.117. The first-order chi connectivity index (χ1) is 13.5. The van der Waals surface area contributed by atoms with E-state index >= 15 is 0 Å². The molecule has 0 aliphatic heterocycles. The number of amides is 3. The van der Waals surface area contributed by atoms with Gasteiger partial charge in [0, 0.05) is 12.6 Å². The molecule has 2 N–H and O–H groups in total. The van der Waals surface area contributed by atoms with Crippen LogP contribution in [0.2, 0.25) is 0 Å². The molecule has 3 amide bonds. The Hall–Kier alpha value is -2.29. The Balaban J connectivity index is 1.56. The van der Waals surface area contributed by atoms with Gasteiger partial charge < -0.3 is 9.73 Å². The van der Waals surface area contributed by atoms with Crippen molar-refractivity contribution in [1.82, 2.24) is 25.4 Å². The van der Waals surface area contributed by atoms with Crippen molar-refractivity contribution in [3.63, 3.8) is 0 Å². The van der Waals surface area contributed by atoms with Crippen LogP contribution in [0.15, 0.2) is 28.0 Å². The van der Waals surface area contributed by atoms with Crippen LogP contribution in [0.1, 0.15) is 46.0 Å². The average Bonchev–Trinajstić information content (AvgIpc) is 3.30. The topological polar surface area (TPSA) is 102 Å². The lowest BCUT2D eigenvalue weighted by Gasteiger charge is -2.22. The number of aromatic nitrogens is 3. The Morgan fingerprint density at radius 1 is 1.29 bits per heavy atom. The molecule has 1 aliphatic carbocycles. The first-order valence-electron chi connectivity index (χ1n) is 9.73. The van der Waals surface area contributed by atoms with Crippen LogP contribution in [0, 0.1) is 5.92 Å². The van der Waals surface area contributed by atoms with Crippen molar-refractivity contribution in [2.24, 2.45) is 5.92 Å². The number of furan rings is 1. The highest BCUT2D eigenvalue weighted by Crippen LogP contribution is 2.25. The summed E-state index contributed by atoms with van der Waals surface area (Å²) in [5.41, 5.74) is 0. The lowest BCUT2D eigenvalue weighted by Crippen LogP contribution is -2.45. The van der Waals surface area contributed by atoms with Gasteiger partial charge in [0.25, 0.3) is 0 Å². The number of nitrogens with zero attached hydrogens (tertiary/aromatic N) is 3. The molecule has 1 aliphatic rings. The summed E-state index contributed by atoms with van der Waals surface area (Å²) in [5.74, 6) is 1.39. The maximum atomic E-state index is 12.2. The second-order valence-corrected chi connectivity index (χ2v) is 8.38. The average molecular weight is 406 g/mol. The molecule has 0 saturated heterocycles. The third-order valence-corrected chi connectivity index (χ3v) is 5.50. The van der Waals surface area contributed by atoms with Crippen molar-refractivity contribution in [3.8, 4) is 11.6 Å². The molecule has 0 radical (unpaired) electrons. The highest BCUT2D eigenvalue weighted by Gasteiger charge is 2.20. The highest BCUT2D eigenvalue weighted by molar-refractivity contribution is 7.99. The highest BCUT2D eigenvalue weighted by atomic mass is 32.2. The SMILES string of the molecule is CC(C)Cn1c(SCC(=O)NC(=O)NC2CCCCC2)nnc1-c1ccco1. The standard InChI is InChI=1S/C19H27N5O3S/c1-13(2)11-24-17(15-9-6-10-27-15)22-23-19(24)28-12-16(25)21-18(26)20-14-7-4-3-5-8-14/h6,9-10,13-14H,3-5,7-8,11-12H2,1-2H3,(H2,20,21,25,26). The monoisotopic (exact) mass is 405 g/mol. The fourth-order valence-electron chi connectivity index (χ4n) is 3.27. The van der Waals surface area contributed by atoms with Gasteiger partial charge in [-0.3, -0.25) is 14.7 Å². The predicted molar refractivity (Wildman–Crippen MR) is 107 cm³/mol. The molecule has 1 fully saturated rings. The molecule has 3 rings (SSSR count). The van der Waals surface area contributed by atoms with E-state index in [1.807, 2.05) is 10.6 Å². The van der Waals surface area contributed by atoms with Crippen molar-refractivity contribution in [2.75, 3.05) is 5.75 Å². The molecule has 0 spiro atoms. The maximum absolute atomic E-state index is 12.2. The zero-order chi connectivity index (χ0) is 19.9. The number of carbonyl (C=O) groups is 2. The summed E-state index contributed by atoms with van der Waals surface area (Å²) in [5, 5.41) is 14.3. The fraction of sp³-hybridized carbons (Fsp3) is 0.579. The van der Waals surface area contributed by atoms with E-state index in [9.17, 15) is 9.59 Å². The Morgan fingerprint density at radius 3 is 2.75 bits per heavy atom. The van der Waals surface area contributed by atoms with Crippen LogP contribution in [0.5, 0.6) is 0 Å². The van der Waals surface area contributed by atoms with E-state index in [4.69, 9.17) is 4.42 Å². The summed E-state index contributed by atoms with van der Waals surface area (Å²) in [6.45, 7) is 4.90. The number of carbonyl (C=O) groups excluding carboxylic acids is 2. The van der Waals surface area contributed by atoms with Crippen LogP contribution in [0.3, 0.4) is 0 Å². The van der Waals surface area contributed by atoms with Crippen molar-refractivity contribution < 1.29 is 14.0 Å². The molecule has 1 saturated carbocycles. The second-order valence-electron chi connectivity index (χ2n) is 7.43. The van der Waals surface area contributed by atoms with Crippen LogP contribution in [-0.4, -0.2) is 38.5 Å². The van der Waals surface area contributed by atoms with E-state index in [0.29, 0.717) is 29.2 Å². The van der Waals surface area contributed by atoms with Gasteiger partial charge in [-0.25, -0.2) is 4.79 Å². The molecule has 0 unspecified atom stereocenters. The molecule has 28 heavy (non-hydrogen) atoms. The van der Waals surface area contributed by atoms with Crippen LogP contribution in [0.4, 0.5) is 4.79 Å². The molecule has 0 bridgehead atoms. The number of thioether (sulfide) groups is 1. The molecule has 9 heteroatoms. The summed E-state index contributed by atoms with van der Waals surface area (Å²) in [4.78, 5) is 24.2. The normalized spacial score (nSPS) is 15.0. The molecular formula is C19H27N5O3S. The van der Waals surface area contributed by atoms with Crippen LogP contribution >= 0.6 is 11.8 Å². The van der Waals surface area contributed by atoms with E-state index < -0.39 is 6.03 Å². The minimum Gasteiger partial charge on any atom is -0.461 e. The van der Waals surface area contributed by atoms with Crippen LogP contribution < -0.4 is 10.6 Å². The number of hydrogen-bond donors (Lipinski definition) is 2. The third kappa shape index (κ3) is 5.60. The maximum Gasteiger partial charge on any atom is 0.321 e. The lowest BCUT2D eigenvalue weighted by atomic mass is 9.96. The van der Waals surface area contributed by atoms with Gasteiger partial charge in [-0.05, 0) is 30.9 Å². The Kier molecular flexibility index (Phi) is 7.13. The van der Waals surface area contributed by atoms with Gasteiger partial charge in [-0.2, -0.15) is 0 Å². The first kappa shape index (κ1) is 20.4. The number of urea groups is 1. The molecule has 8 nitrogen and oxygen atoms in total. The van der Waals surface area contributed by atoms with Gasteiger partial charge in [0.05, 0.1) is 12.0 Å². The van der Waals surface area contributed by atoms with Crippen molar-refractivity contribution >= 4 is 23.7 Å². The van der Waals surface area contributed by atoms with E-state index in [0.717, 1.165) is 25.7 Å². The smallest absolute Gasteiger partial charge is 0.321 e. The predicted octanol–water partition coefficient (Wildman–Crippen LogP) is 3.44. The van der Waals surface area contributed by atoms with Crippen LogP contribution in [-0.2, 0) is 11.3 Å². The number of imide groups is 1. The van der Waals surface area contributed by atoms with Gasteiger partial charge >= 0.3 is 6.03 Å². The third-order valence-electron chi connectivity index (χ3n) is 4.53. The van der Waals surface area contributed by atoms with E-state index in [-0.39, 0.29) is 17.7 Å². The van der Waals surface area contributed by atoms with E-state index in [1.54, 1.807) is 12.3 Å². The number of nitrogens with one attached hydrogen (secondary N) is 2. The fourth-order valence-corrected chi connectivity index (χ4v) is 4.02. The minimum atomic E-state index is -0.419. The van der Waals surface area contributed by atoms with E-state index in [2.05, 4.69) is 34.7 Å². The summed E-state index contributed by atoms with van der Waals surface area (Å²) < 4.78 is 7.39. The van der Waals surface area contributed by atoms with Crippen molar-refractivity contribution in [1.29, 1.82) is 0 Å². The van der Waals surface area contributed by atoms with Crippen molar-refractivity contribution in [2.45, 2.75) is 63.7 Å². The first-order valence-corrected chi connectivity index (χ1v) is 10.7. The summed E-state index contributed by atoms with van der Waals surface area (Å²) in [7, 11) is 0. The van der Waals surface area contributed by atoms with Crippen molar-refractivity contribution in [3.05, 3.63) is 18.4 Å². The van der Waals surface area contributed by atoms with Gasteiger partial charge in [-0.15, -0.1) is 10.2 Å². The molecule has 2 heterocycles. The zero-order valence-corrected chi connectivity index (χ0v) is 17.1. The van der Waals surface area contributed by atoms with Gasteiger partial charge in [0.1, 0.15) is 0 Å². The molecule has 2 aromatic rings. The Bertz CT molecular complexity index is 782. The van der Waals surface area contributed by atoms with Gasteiger partial charge in [-0.1, -0.05) is 44.9 Å². The summed E-state index contributed by atoms with van der Waals surface area (Å²) >= 11 is 1.26. The summed E-state index contributed by atoms with van der Waals surface area (Å²) in [6, 6.07) is 3.38. The number of hydrogen-bond acceptors (Lipinski definition) is 6. The molecule has 2 aromatic heterocycles. The Labute approximate surface area is 168 Å². The Morgan fingerprint density at radius 2 is 2.07 bits per heavy atom. The molecule has 0 atom stereocenters. The van der Waals surface area contributed by atoms with E-state index in [1.165, 1.54) is 18.2 Å². The van der Waals surface area contributed by atoms with Gasteiger partial charge in [0.2, 0.25) is 5.91 Å². The van der Waals surface area contributed by atoms with Crippen LogP contribution in [0.25, 0.3) is 11.6 Å². The number of rotatable bonds is 7. The zero-order valence-electron chi connectivity index (χ0n) is 16.3. The molecule has 0 aromatic carbocycles. The molecular weight excluding hydrogens is 378 g/mol. The van der Waals surface area contributed by atoms with Gasteiger partial charge in [0.15, 0.2) is 16.7 Å². The molecule has 152 valence electrons. The summed E-state index contributed by atoms with van der Waals surface area (Å²) in [6.07, 6.45) is 7.01. The minimum absolute atomic E-state index is 0.0898. The largest absolute Gasteiger partial charge is 0.461 e.